The molecule has 1 aliphatic heterocycles. The summed E-state index contributed by atoms with van der Waals surface area (Å²) in [6.45, 7) is 1.02. The maximum atomic E-state index is 12.7. The number of ether oxygens (including phenoxy) is 1. The highest BCUT2D eigenvalue weighted by molar-refractivity contribution is 6.08. The van der Waals surface area contributed by atoms with Crippen molar-refractivity contribution in [3.8, 4) is 0 Å². The van der Waals surface area contributed by atoms with Gasteiger partial charge in [0.15, 0.2) is 6.61 Å². The van der Waals surface area contributed by atoms with Crippen molar-refractivity contribution in [1.29, 1.82) is 0 Å². The molecule has 1 N–H and O–H groups in total. The Morgan fingerprint density at radius 1 is 1.11 bits per heavy atom. The van der Waals surface area contributed by atoms with E-state index in [0.29, 0.717) is 5.69 Å². The van der Waals surface area contributed by atoms with Crippen molar-refractivity contribution < 1.29 is 23.9 Å². The van der Waals surface area contributed by atoms with Gasteiger partial charge in [-0.3, -0.25) is 19.3 Å². The number of imide groups is 1. The van der Waals surface area contributed by atoms with E-state index in [-0.39, 0.29) is 35.5 Å². The topological polar surface area (TPSA) is 92.8 Å². The van der Waals surface area contributed by atoms with Crippen LogP contribution in [-0.2, 0) is 23.9 Å². The van der Waals surface area contributed by atoms with E-state index >= 15 is 0 Å². The second-order valence-corrected chi connectivity index (χ2v) is 7.63. The third kappa shape index (κ3) is 3.01. The number of para-hydroxylation sites is 1. The van der Waals surface area contributed by atoms with Crippen molar-refractivity contribution >= 4 is 29.4 Å². The number of nitrogens with one attached hydrogen (secondary N) is 1. The zero-order valence-corrected chi connectivity index (χ0v) is 15.1. The van der Waals surface area contributed by atoms with Gasteiger partial charge in [-0.25, -0.2) is 4.79 Å². The van der Waals surface area contributed by atoms with Gasteiger partial charge in [0, 0.05) is 5.69 Å². The average molecular weight is 370 g/mol. The molecule has 142 valence electrons. The van der Waals surface area contributed by atoms with E-state index in [0.717, 1.165) is 24.2 Å². The van der Waals surface area contributed by atoms with Gasteiger partial charge >= 0.3 is 5.97 Å². The second kappa shape index (κ2) is 6.79. The molecule has 2 saturated carbocycles. The summed E-state index contributed by atoms with van der Waals surface area (Å²) in [4.78, 5) is 50.8. The minimum Gasteiger partial charge on any atom is -0.454 e. The molecule has 0 aromatic heterocycles. The molecule has 2 bridgehead atoms. The van der Waals surface area contributed by atoms with Crippen molar-refractivity contribution in [2.45, 2.75) is 32.2 Å². The van der Waals surface area contributed by atoms with E-state index in [4.69, 9.17) is 4.74 Å². The monoisotopic (exact) mass is 370 g/mol. The summed E-state index contributed by atoms with van der Waals surface area (Å²) in [5.41, 5.74) is 0.597. The van der Waals surface area contributed by atoms with Crippen LogP contribution in [0, 0.1) is 23.7 Å². The number of rotatable bonds is 5. The summed E-state index contributed by atoms with van der Waals surface area (Å²) in [7, 11) is 0. The maximum absolute atomic E-state index is 12.7. The number of anilines is 1. The van der Waals surface area contributed by atoms with Crippen molar-refractivity contribution in [2.75, 3.05) is 11.9 Å². The number of fused-ring (bicyclic) bond motifs is 5. The molecule has 2 aliphatic carbocycles. The lowest BCUT2D eigenvalue weighted by atomic mass is 9.81. The van der Waals surface area contributed by atoms with E-state index in [1.807, 2.05) is 6.07 Å². The molecule has 7 nitrogen and oxygen atoms in total. The Kier molecular flexibility index (Phi) is 4.45. The SMILES string of the molecule is C[C@H](C(=O)OCC(=O)Nc1ccccc1)N1C(=O)[C@@H]2[C@@H]3CC[C@@H](C3)[C@@H]2C1=O. The van der Waals surface area contributed by atoms with Crippen LogP contribution in [0.4, 0.5) is 5.69 Å². The highest BCUT2D eigenvalue weighted by Gasteiger charge is 2.62. The van der Waals surface area contributed by atoms with Gasteiger partial charge in [0.05, 0.1) is 11.8 Å². The average Bonchev–Trinajstić information content (AvgIpc) is 3.34. The minimum atomic E-state index is -1.01. The lowest BCUT2D eigenvalue weighted by Crippen LogP contribution is -2.45. The van der Waals surface area contributed by atoms with Crippen molar-refractivity contribution in [3.63, 3.8) is 0 Å². The molecule has 5 atom stereocenters. The van der Waals surface area contributed by atoms with Crippen LogP contribution in [0.1, 0.15) is 26.2 Å². The Labute approximate surface area is 157 Å². The number of benzene rings is 1. The van der Waals surface area contributed by atoms with Crippen LogP contribution < -0.4 is 5.32 Å². The normalized spacial score (nSPS) is 29.6. The van der Waals surface area contributed by atoms with Crippen LogP contribution in [0.25, 0.3) is 0 Å². The standard InChI is InChI=1S/C20H22N2O5/c1-11(20(26)27-10-15(23)21-14-5-3-2-4-6-14)22-18(24)16-12-7-8-13(9-12)17(16)19(22)25/h2-6,11-13,16-17H,7-10H2,1H3,(H,21,23)/t11-,12-,13+,16-,17+/m1/s1. The van der Waals surface area contributed by atoms with Crippen molar-refractivity contribution in [3.05, 3.63) is 30.3 Å². The van der Waals surface area contributed by atoms with Gasteiger partial charge in [-0.15, -0.1) is 0 Å². The Morgan fingerprint density at radius 2 is 1.70 bits per heavy atom. The first kappa shape index (κ1) is 17.7. The molecule has 0 unspecified atom stereocenters. The fourth-order valence-electron chi connectivity index (χ4n) is 4.89. The lowest BCUT2D eigenvalue weighted by molar-refractivity contribution is -0.159. The fraction of sp³-hybridized carbons (Fsp3) is 0.500. The summed E-state index contributed by atoms with van der Waals surface area (Å²) in [5.74, 6) is -1.74. The number of carbonyl (C=O) groups is 4. The van der Waals surface area contributed by atoms with Gasteiger partial charge in [-0.2, -0.15) is 0 Å². The quantitative estimate of drug-likeness (QED) is 0.628. The molecular formula is C20H22N2O5. The number of amides is 3. The lowest BCUT2D eigenvalue weighted by Gasteiger charge is -2.23. The van der Waals surface area contributed by atoms with Crippen LogP contribution in [-0.4, -0.2) is 41.2 Å². The van der Waals surface area contributed by atoms with E-state index in [1.54, 1.807) is 24.3 Å². The Bertz CT molecular complexity index is 765. The smallest absolute Gasteiger partial charge is 0.329 e. The first-order valence-corrected chi connectivity index (χ1v) is 9.36. The molecule has 0 radical (unpaired) electrons. The van der Waals surface area contributed by atoms with Crippen molar-refractivity contribution in [1.82, 2.24) is 4.90 Å². The largest absolute Gasteiger partial charge is 0.454 e. The predicted octanol–water partition coefficient (Wildman–Crippen LogP) is 1.59. The molecule has 1 aromatic carbocycles. The summed E-state index contributed by atoms with van der Waals surface area (Å²) < 4.78 is 5.04. The molecule has 4 rings (SSSR count). The highest BCUT2D eigenvalue weighted by Crippen LogP contribution is 2.56. The molecular weight excluding hydrogens is 348 g/mol. The molecule has 1 aromatic rings. The Hall–Kier alpha value is -2.70. The molecule has 27 heavy (non-hydrogen) atoms. The van der Waals surface area contributed by atoms with Crippen LogP contribution >= 0.6 is 0 Å². The summed E-state index contributed by atoms with van der Waals surface area (Å²) in [5, 5.41) is 2.61. The third-order valence-corrected chi connectivity index (χ3v) is 6.09. The second-order valence-electron chi connectivity index (χ2n) is 7.63. The number of esters is 1. The van der Waals surface area contributed by atoms with Crippen molar-refractivity contribution in [2.24, 2.45) is 23.7 Å². The van der Waals surface area contributed by atoms with E-state index in [2.05, 4.69) is 5.32 Å². The summed E-state index contributed by atoms with van der Waals surface area (Å²) in [6.07, 6.45) is 2.91. The van der Waals surface area contributed by atoms with E-state index in [1.165, 1.54) is 6.92 Å². The van der Waals surface area contributed by atoms with Crippen LogP contribution in [0.5, 0.6) is 0 Å². The van der Waals surface area contributed by atoms with Gasteiger partial charge in [-0.05, 0) is 50.2 Å². The molecule has 3 amide bonds. The van der Waals surface area contributed by atoms with E-state index < -0.39 is 24.5 Å². The number of hydrogen-bond donors (Lipinski definition) is 1. The fourth-order valence-corrected chi connectivity index (χ4v) is 4.89. The molecule has 1 saturated heterocycles. The summed E-state index contributed by atoms with van der Waals surface area (Å²) in [6, 6.07) is 7.80. The van der Waals surface area contributed by atoms with Gasteiger partial charge in [0.2, 0.25) is 11.8 Å². The van der Waals surface area contributed by atoms with Crippen LogP contribution in [0.3, 0.4) is 0 Å². The highest BCUT2D eigenvalue weighted by atomic mass is 16.5. The molecule has 3 fully saturated rings. The first-order chi connectivity index (χ1) is 13.0. The molecule has 1 heterocycles. The number of likely N-dealkylation sites (tertiary alicyclic amines) is 1. The third-order valence-electron chi connectivity index (χ3n) is 6.09. The Morgan fingerprint density at radius 3 is 2.30 bits per heavy atom. The molecule has 7 heteroatoms. The van der Waals surface area contributed by atoms with Gasteiger partial charge < -0.3 is 10.1 Å². The number of hydrogen-bond acceptors (Lipinski definition) is 5. The van der Waals surface area contributed by atoms with Gasteiger partial charge in [-0.1, -0.05) is 18.2 Å². The number of nitrogens with zero attached hydrogens (tertiary/aromatic N) is 1. The summed E-state index contributed by atoms with van der Waals surface area (Å²) >= 11 is 0. The van der Waals surface area contributed by atoms with E-state index in [9.17, 15) is 19.2 Å². The first-order valence-electron chi connectivity index (χ1n) is 9.36. The minimum absolute atomic E-state index is 0.254. The van der Waals surface area contributed by atoms with Crippen LogP contribution in [0.15, 0.2) is 30.3 Å². The molecule has 3 aliphatic rings. The predicted molar refractivity (Wildman–Crippen MR) is 95.2 cm³/mol. The van der Waals surface area contributed by atoms with Gasteiger partial charge in [0.25, 0.3) is 5.91 Å². The number of carbonyl (C=O) groups excluding carboxylic acids is 4. The zero-order chi connectivity index (χ0) is 19.1. The molecule has 0 spiro atoms. The zero-order valence-electron chi connectivity index (χ0n) is 15.1. The van der Waals surface area contributed by atoms with Gasteiger partial charge in [0.1, 0.15) is 6.04 Å². The Balaban J connectivity index is 1.35. The van der Waals surface area contributed by atoms with Crippen LogP contribution in [0.2, 0.25) is 0 Å². The maximum Gasteiger partial charge on any atom is 0.329 e.